The summed E-state index contributed by atoms with van der Waals surface area (Å²) in [6.07, 6.45) is 3.29. The number of rotatable bonds is 12. The molecule has 2 aromatic rings. The molecule has 0 aliphatic heterocycles. The summed E-state index contributed by atoms with van der Waals surface area (Å²) >= 11 is 1.09. The minimum Gasteiger partial charge on any atom is -0.496 e. The fourth-order valence-corrected chi connectivity index (χ4v) is 3.34. The number of nitrogens with two attached hydrogens (primary N) is 1. The van der Waals surface area contributed by atoms with Crippen LogP contribution < -0.4 is 19.9 Å². The number of carbonyl (C=O) groups is 1. The van der Waals surface area contributed by atoms with Crippen molar-refractivity contribution < 1.29 is 14.3 Å². The van der Waals surface area contributed by atoms with Gasteiger partial charge >= 0.3 is 0 Å². The lowest BCUT2D eigenvalue weighted by Gasteiger charge is -2.09. The van der Waals surface area contributed by atoms with Crippen molar-refractivity contribution in [2.75, 3.05) is 27.3 Å². The Labute approximate surface area is 165 Å². The van der Waals surface area contributed by atoms with Crippen LogP contribution in [0.5, 0.6) is 11.5 Å². The molecule has 0 unspecified atom stereocenters. The molecule has 3 N–H and O–H groups in total. The van der Waals surface area contributed by atoms with Crippen molar-refractivity contribution in [3.8, 4) is 11.5 Å². The predicted molar refractivity (Wildman–Crippen MR) is 111 cm³/mol. The fraction of sp³-hybridized carbons (Fsp3) is 0.381. The Morgan fingerprint density at radius 2 is 1.81 bits per heavy atom. The number of hydrogen-bond donors (Lipinski definition) is 2. The minimum absolute atomic E-state index is 0.141. The number of ketones is 1. The van der Waals surface area contributed by atoms with E-state index in [0.717, 1.165) is 54.9 Å². The summed E-state index contributed by atoms with van der Waals surface area (Å²) in [7, 11) is 3.29. The molecule has 0 aromatic heterocycles. The van der Waals surface area contributed by atoms with Gasteiger partial charge in [0, 0.05) is 12.0 Å². The van der Waals surface area contributed by atoms with Crippen molar-refractivity contribution in [3.63, 3.8) is 0 Å². The second kappa shape index (κ2) is 11.6. The van der Waals surface area contributed by atoms with Gasteiger partial charge in [-0.15, -0.1) is 0 Å². The monoisotopic (exact) mass is 388 g/mol. The molecule has 0 heterocycles. The number of hydrogen-bond acceptors (Lipinski definition) is 6. The summed E-state index contributed by atoms with van der Waals surface area (Å²) < 4.78 is 10.6. The first-order valence-corrected chi connectivity index (χ1v) is 9.98. The number of methoxy groups -OCH3 is 2. The van der Waals surface area contributed by atoms with Crippen LogP contribution in [0.15, 0.2) is 47.4 Å². The Morgan fingerprint density at radius 3 is 2.56 bits per heavy atom. The van der Waals surface area contributed by atoms with Crippen molar-refractivity contribution in [1.29, 1.82) is 0 Å². The Kier molecular flexibility index (Phi) is 9.18. The molecule has 0 amide bonds. The van der Waals surface area contributed by atoms with E-state index in [0.29, 0.717) is 17.7 Å². The SMILES string of the molecule is COc1ccccc1CCNCCCCC(=O)c1ccc(OC)c(SN)c1. The molecule has 0 radical (unpaired) electrons. The van der Waals surface area contributed by atoms with Crippen LogP contribution in [-0.4, -0.2) is 33.1 Å². The third-order valence-corrected chi connectivity index (χ3v) is 4.96. The molecule has 0 spiro atoms. The van der Waals surface area contributed by atoms with E-state index in [1.54, 1.807) is 32.4 Å². The summed E-state index contributed by atoms with van der Waals surface area (Å²) in [4.78, 5) is 13.1. The van der Waals surface area contributed by atoms with Crippen molar-refractivity contribution in [2.24, 2.45) is 5.14 Å². The van der Waals surface area contributed by atoms with Crippen LogP contribution in [0.3, 0.4) is 0 Å². The molecule has 6 heteroatoms. The third kappa shape index (κ3) is 6.57. The Bertz CT molecular complexity index is 737. The van der Waals surface area contributed by atoms with Gasteiger partial charge in [-0.1, -0.05) is 18.2 Å². The molecular formula is C21H28N2O3S. The summed E-state index contributed by atoms with van der Waals surface area (Å²) in [6, 6.07) is 13.5. The van der Waals surface area contributed by atoms with E-state index in [1.165, 1.54) is 5.56 Å². The van der Waals surface area contributed by atoms with Gasteiger partial charge < -0.3 is 14.8 Å². The highest BCUT2D eigenvalue weighted by atomic mass is 32.2. The van der Waals surface area contributed by atoms with E-state index in [2.05, 4.69) is 11.4 Å². The zero-order valence-corrected chi connectivity index (χ0v) is 16.8. The van der Waals surface area contributed by atoms with Crippen LogP contribution in [0, 0.1) is 0 Å². The van der Waals surface area contributed by atoms with Gasteiger partial charge in [0.1, 0.15) is 11.5 Å². The van der Waals surface area contributed by atoms with Gasteiger partial charge in [0.25, 0.3) is 0 Å². The number of unbranched alkanes of at least 4 members (excludes halogenated alkanes) is 1. The first kappa shape index (κ1) is 21.3. The van der Waals surface area contributed by atoms with E-state index < -0.39 is 0 Å². The molecule has 0 bridgehead atoms. The van der Waals surface area contributed by atoms with Gasteiger partial charge in [-0.25, -0.2) is 0 Å². The van der Waals surface area contributed by atoms with E-state index in [9.17, 15) is 4.79 Å². The summed E-state index contributed by atoms with van der Waals surface area (Å²) in [5.74, 6) is 1.76. The van der Waals surface area contributed by atoms with E-state index in [-0.39, 0.29) is 5.78 Å². The highest BCUT2D eigenvalue weighted by molar-refractivity contribution is 7.97. The molecule has 0 aliphatic carbocycles. The molecule has 0 saturated carbocycles. The Morgan fingerprint density at radius 1 is 1.04 bits per heavy atom. The molecule has 5 nitrogen and oxygen atoms in total. The van der Waals surface area contributed by atoms with Gasteiger partial charge in [-0.2, -0.15) is 0 Å². The molecule has 2 aromatic carbocycles. The molecule has 0 atom stereocenters. The molecule has 0 fully saturated rings. The highest BCUT2D eigenvalue weighted by Gasteiger charge is 2.10. The third-order valence-electron chi connectivity index (χ3n) is 4.38. The second-order valence-corrected chi connectivity index (χ2v) is 6.85. The largest absolute Gasteiger partial charge is 0.496 e. The van der Waals surface area contributed by atoms with Gasteiger partial charge in [0.15, 0.2) is 5.78 Å². The Hall–Kier alpha value is -2.02. The first-order chi connectivity index (χ1) is 13.2. The number of ether oxygens (including phenoxy) is 2. The molecule has 27 heavy (non-hydrogen) atoms. The maximum absolute atomic E-state index is 12.3. The van der Waals surface area contributed by atoms with Gasteiger partial charge in [-0.3, -0.25) is 9.93 Å². The standard InChI is InChI=1S/C21H28N2O3S/c1-25-19-9-4-3-7-16(19)12-14-23-13-6-5-8-18(24)17-10-11-20(26-2)21(15-17)27-22/h3-4,7,9-11,15,23H,5-6,8,12-14,22H2,1-2H3. The normalized spacial score (nSPS) is 10.6. The molecule has 0 saturated heterocycles. The lowest BCUT2D eigenvalue weighted by molar-refractivity contribution is 0.0979. The first-order valence-electron chi connectivity index (χ1n) is 9.10. The Balaban J connectivity index is 1.66. The smallest absolute Gasteiger partial charge is 0.162 e. The number of carbonyl (C=O) groups excluding carboxylic acids is 1. The number of para-hydroxylation sites is 1. The van der Waals surface area contributed by atoms with Crippen molar-refractivity contribution in [1.82, 2.24) is 5.32 Å². The lowest BCUT2D eigenvalue weighted by Crippen LogP contribution is -2.19. The van der Waals surface area contributed by atoms with Crippen molar-refractivity contribution >= 4 is 17.7 Å². The lowest BCUT2D eigenvalue weighted by atomic mass is 10.1. The maximum Gasteiger partial charge on any atom is 0.162 e. The second-order valence-electron chi connectivity index (χ2n) is 6.18. The number of Topliss-reactive ketones (excluding diaryl/α,β-unsaturated/α-hetero) is 1. The zero-order chi connectivity index (χ0) is 19.5. The molecule has 0 aliphatic rings. The topological polar surface area (TPSA) is 73.6 Å². The average Bonchev–Trinajstić information content (AvgIpc) is 2.72. The van der Waals surface area contributed by atoms with Crippen molar-refractivity contribution in [2.45, 2.75) is 30.6 Å². The zero-order valence-electron chi connectivity index (χ0n) is 16.0. The fourth-order valence-electron chi connectivity index (χ4n) is 2.88. The molecular weight excluding hydrogens is 360 g/mol. The van der Waals surface area contributed by atoms with Crippen LogP contribution in [0.2, 0.25) is 0 Å². The minimum atomic E-state index is 0.141. The van der Waals surface area contributed by atoms with Crippen LogP contribution in [0.4, 0.5) is 0 Å². The van der Waals surface area contributed by atoms with E-state index >= 15 is 0 Å². The summed E-state index contributed by atoms with van der Waals surface area (Å²) in [5, 5.41) is 9.06. The van der Waals surface area contributed by atoms with Gasteiger partial charge in [0.2, 0.25) is 0 Å². The van der Waals surface area contributed by atoms with Crippen LogP contribution >= 0.6 is 11.9 Å². The van der Waals surface area contributed by atoms with Crippen molar-refractivity contribution in [3.05, 3.63) is 53.6 Å². The maximum atomic E-state index is 12.3. The average molecular weight is 389 g/mol. The van der Waals surface area contributed by atoms with Gasteiger partial charge in [-0.05, 0) is 74.1 Å². The van der Waals surface area contributed by atoms with E-state index in [1.807, 2.05) is 18.2 Å². The van der Waals surface area contributed by atoms with Crippen LogP contribution in [0.25, 0.3) is 0 Å². The number of nitrogens with one attached hydrogen (secondary N) is 1. The molecule has 146 valence electrons. The summed E-state index contributed by atoms with van der Waals surface area (Å²) in [6.45, 7) is 1.79. The quantitative estimate of drug-likeness (QED) is 0.327. The number of benzene rings is 2. The van der Waals surface area contributed by atoms with E-state index in [4.69, 9.17) is 14.6 Å². The highest BCUT2D eigenvalue weighted by Crippen LogP contribution is 2.27. The summed E-state index contributed by atoms with van der Waals surface area (Å²) in [5.41, 5.74) is 1.89. The molecule has 2 rings (SSSR count). The van der Waals surface area contributed by atoms with Gasteiger partial charge in [0.05, 0.1) is 19.1 Å². The van der Waals surface area contributed by atoms with Crippen LogP contribution in [0.1, 0.15) is 35.2 Å². The predicted octanol–water partition coefficient (Wildman–Crippen LogP) is 3.85. The van der Waals surface area contributed by atoms with Crippen LogP contribution in [-0.2, 0) is 6.42 Å².